The van der Waals surface area contributed by atoms with Gasteiger partial charge in [0.1, 0.15) is 0 Å². The Hall–Kier alpha value is -1.36. The minimum atomic E-state index is -3.06. The van der Waals surface area contributed by atoms with Gasteiger partial charge in [0.25, 0.3) is 0 Å². The maximum Gasteiger partial charge on any atom is 0.222 e. The van der Waals surface area contributed by atoms with E-state index in [4.69, 9.17) is 0 Å². The Kier molecular flexibility index (Phi) is 5.27. The van der Waals surface area contributed by atoms with E-state index in [2.05, 4.69) is 0 Å². The fraction of sp³-hybridized carbons (Fsp3) is 0.588. The van der Waals surface area contributed by atoms with E-state index in [0.29, 0.717) is 25.9 Å². The molecule has 1 saturated heterocycles. The largest absolute Gasteiger partial charge is 0.340 e. The van der Waals surface area contributed by atoms with Crippen LogP contribution in [0.1, 0.15) is 31.4 Å². The zero-order chi connectivity index (χ0) is 16.3. The van der Waals surface area contributed by atoms with Crippen molar-refractivity contribution in [3.05, 3.63) is 35.4 Å². The quantitative estimate of drug-likeness (QED) is 0.806. The van der Waals surface area contributed by atoms with Gasteiger partial charge in [0.2, 0.25) is 5.91 Å². The monoisotopic (exact) mass is 323 g/mol. The van der Waals surface area contributed by atoms with Crippen LogP contribution >= 0.6 is 0 Å². The molecule has 0 spiro atoms. The lowest BCUT2D eigenvalue weighted by Gasteiger charge is -2.39. The minimum absolute atomic E-state index is 0.0549. The van der Waals surface area contributed by atoms with E-state index < -0.39 is 9.84 Å². The SMILES string of the molecule is Cc1ccccc1CCC(=O)N1CC(S(=O)(=O)CC(C)C)C1. The normalized spacial score (nSPS) is 15.9. The van der Waals surface area contributed by atoms with Crippen molar-refractivity contribution in [1.29, 1.82) is 0 Å². The van der Waals surface area contributed by atoms with Gasteiger partial charge >= 0.3 is 0 Å². The number of amides is 1. The molecule has 1 amide bonds. The highest BCUT2D eigenvalue weighted by Gasteiger charge is 2.39. The van der Waals surface area contributed by atoms with Crippen molar-refractivity contribution >= 4 is 15.7 Å². The Morgan fingerprint density at radius 2 is 1.91 bits per heavy atom. The van der Waals surface area contributed by atoms with Crippen LogP contribution in [0.3, 0.4) is 0 Å². The molecule has 1 aliphatic rings. The molecule has 0 N–H and O–H groups in total. The van der Waals surface area contributed by atoms with Crippen molar-refractivity contribution < 1.29 is 13.2 Å². The number of rotatable bonds is 6. The second kappa shape index (κ2) is 6.82. The average Bonchev–Trinajstić information content (AvgIpc) is 2.33. The lowest BCUT2D eigenvalue weighted by atomic mass is 10.0. The molecule has 122 valence electrons. The van der Waals surface area contributed by atoms with E-state index in [-0.39, 0.29) is 22.8 Å². The Balaban J connectivity index is 1.81. The molecule has 1 heterocycles. The van der Waals surface area contributed by atoms with Crippen LogP contribution in [0.15, 0.2) is 24.3 Å². The van der Waals surface area contributed by atoms with Crippen molar-refractivity contribution in [2.45, 2.75) is 38.9 Å². The third kappa shape index (κ3) is 4.09. The highest BCUT2D eigenvalue weighted by Crippen LogP contribution is 2.20. The van der Waals surface area contributed by atoms with Gasteiger partial charge in [-0.05, 0) is 30.4 Å². The van der Waals surface area contributed by atoms with Crippen molar-refractivity contribution in [1.82, 2.24) is 4.90 Å². The van der Waals surface area contributed by atoms with Gasteiger partial charge in [-0.3, -0.25) is 4.79 Å². The first kappa shape index (κ1) is 17.0. The van der Waals surface area contributed by atoms with Crippen LogP contribution in [-0.4, -0.2) is 43.3 Å². The van der Waals surface area contributed by atoms with E-state index in [1.165, 1.54) is 11.1 Å². The third-order valence-electron chi connectivity index (χ3n) is 4.14. The Morgan fingerprint density at radius 1 is 1.27 bits per heavy atom. The summed E-state index contributed by atoms with van der Waals surface area (Å²) in [6, 6.07) is 8.04. The summed E-state index contributed by atoms with van der Waals surface area (Å²) in [7, 11) is -3.06. The minimum Gasteiger partial charge on any atom is -0.340 e. The first-order chi connectivity index (χ1) is 10.3. The van der Waals surface area contributed by atoms with Gasteiger partial charge < -0.3 is 4.90 Å². The molecule has 0 aromatic heterocycles. The van der Waals surface area contributed by atoms with E-state index >= 15 is 0 Å². The van der Waals surface area contributed by atoms with Gasteiger partial charge in [0.15, 0.2) is 9.84 Å². The summed E-state index contributed by atoms with van der Waals surface area (Å²) in [4.78, 5) is 13.8. The van der Waals surface area contributed by atoms with Crippen molar-refractivity contribution in [3.8, 4) is 0 Å². The molecule has 0 saturated carbocycles. The molecule has 0 bridgehead atoms. The first-order valence-electron chi connectivity index (χ1n) is 7.83. The summed E-state index contributed by atoms with van der Waals surface area (Å²) in [6.45, 7) is 6.57. The number of sulfone groups is 1. The molecule has 2 rings (SSSR count). The van der Waals surface area contributed by atoms with Gasteiger partial charge in [0, 0.05) is 19.5 Å². The molecule has 0 aliphatic carbocycles. The molecular weight excluding hydrogens is 298 g/mol. The first-order valence-corrected chi connectivity index (χ1v) is 9.55. The number of benzene rings is 1. The molecule has 1 aromatic carbocycles. The lowest BCUT2D eigenvalue weighted by Crippen LogP contribution is -2.57. The smallest absolute Gasteiger partial charge is 0.222 e. The van der Waals surface area contributed by atoms with Crippen molar-refractivity contribution in [3.63, 3.8) is 0 Å². The van der Waals surface area contributed by atoms with Gasteiger partial charge in [-0.25, -0.2) is 8.42 Å². The highest BCUT2D eigenvalue weighted by atomic mass is 32.2. The van der Waals surface area contributed by atoms with Crippen LogP contribution in [0.4, 0.5) is 0 Å². The molecule has 1 aromatic rings. The van der Waals surface area contributed by atoms with Gasteiger partial charge in [-0.1, -0.05) is 38.1 Å². The zero-order valence-corrected chi connectivity index (χ0v) is 14.4. The zero-order valence-electron chi connectivity index (χ0n) is 13.6. The van der Waals surface area contributed by atoms with E-state index in [9.17, 15) is 13.2 Å². The van der Waals surface area contributed by atoms with Crippen LogP contribution in [-0.2, 0) is 21.1 Å². The molecule has 1 fully saturated rings. The van der Waals surface area contributed by atoms with Crippen LogP contribution in [0.25, 0.3) is 0 Å². The summed E-state index contributed by atoms with van der Waals surface area (Å²) in [6.07, 6.45) is 1.16. The number of nitrogens with zero attached hydrogens (tertiary/aromatic N) is 1. The molecule has 0 atom stereocenters. The fourth-order valence-corrected chi connectivity index (χ4v) is 4.78. The lowest BCUT2D eigenvalue weighted by molar-refractivity contribution is -0.134. The van der Waals surface area contributed by atoms with Gasteiger partial charge in [-0.2, -0.15) is 0 Å². The van der Waals surface area contributed by atoms with Crippen molar-refractivity contribution in [2.75, 3.05) is 18.8 Å². The molecule has 0 radical (unpaired) electrons. The van der Waals surface area contributed by atoms with Crippen LogP contribution in [0, 0.1) is 12.8 Å². The number of likely N-dealkylation sites (tertiary alicyclic amines) is 1. The number of carbonyl (C=O) groups is 1. The van der Waals surface area contributed by atoms with E-state index in [1.54, 1.807) is 4.90 Å². The maximum atomic E-state index is 12.1. The van der Waals surface area contributed by atoms with Crippen molar-refractivity contribution in [2.24, 2.45) is 5.92 Å². The van der Waals surface area contributed by atoms with Gasteiger partial charge in [0.05, 0.1) is 11.0 Å². The average molecular weight is 323 g/mol. The summed E-state index contributed by atoms with van der Waals surface area (Å²) in [5.41, 5.74) is 2.37. The fourth-order valence-electron chi connectivity index (χ4n) is 2.76. The molecular formula is C17H25NO3S. The highest BCUT2D eigenvalue weighted by molar-refractivity contribution is 7.92. The number of carbonyl (C=O) groups excluding carboxylic acids is 1. The molecule has 4 nitrogen and oxygen atoms in total. The molecule has 5 heteroatoms. The molecule has 22 heavy (non-hydrogen) atoms. The second-order valence-corrected chi connectivity index (χ2v) is 8.90. The van der Waals surface area contributed by atoms with Crippen LogP contribution < -0.4 is 0 Å². The van der Waals surface area contributed by atoms with Crippen LogP contribution in [0.5, 0.6) is 0 Å². The summed E-state index contributed by atoms with van der Waals surface area (Å²) < 4.78 is 24.2. The third-order valence-corrected chi connectivity index (χ3v) is 6.59. The van der Waals surface area contributed by atoms with Gasteiger partial charge in [-0.15, -0.1) is 0 Å². The Labute approximate surface area is 133 Å². The number of hydrogen-bond acceptors (Lipinski definition) is 3. The summed E-state index contributed by atoms with van der Waals surface area (Å²) >= 11 is 0. The van der Waals surface area contributed by atoms with Crippen LogP contribution in [0.2, 0.25) is 0 Å². The molecule has 0 unspecified atom stereocenters. The maximum absolute atomic E-state index is 12.1. The number of hydrogen-bond donors (Lipinski definition) is 0. The summed E-state index contributed by atoms with van der Waals surface area (Å²) in [5, 5.41) is -0.364. The van der Waals surface area contributed by atoms with E-state index in [0.717, 1.165) is 0 Å². The molecule has 1 aliphatic heterocycles. The second-order valence-electron chi connectivity index (χ2n) is 6.57. The van der Waals surface area contributed by atoms with E-state index in [1.807, 2.05) is 45.0 Å². The Bertz CT molecular complexity index is 631. The number of aryl methyl sites for hydroxylation is 2. The summed E-state index contributed by atoms with van der Waals surface area (Å²) in [5.74, 6) is 0.401. The predicted octanol–water partition coefficient (Wildman–Crippen LogP) is 2.21. The Morgan fingerprint density at radius 3 is 2.50 bits per heavy atom. The topological polar surface area (TPSA) is 54.5 Å². The standard InChI is InChI=1S/C17H25NO3S/c1-13(2)12-22(20,21)16-10-18(11-16)17(19)9-8-15-7-5-4-6-14(15)3/h4-7,13,16H,8-12H2,1-3H3. The predicted molar refractivity (Wildman–Crippen MR) is 88.5 cm³/mol.